The quantitative estimate of drug-likeness (QED) is 0.824. The van der Waals surface area contributed by atoms with Crippen molar-refractivity contribution in [2.75, 3.05) is 31.6 Å². The van der Waals surface area contributed by atoms with E-state index in [1.807, 2.05) is 0 Å². The second-order valence-electron chi connectivity index (χ2n) is 7.36. The lowest BCUT2D eigenvalue weighted by molar-refractivity contribution is -0.119. The maximum absolute atomic E-state index is 14.0. The zero-order chi connectivity index (χ0) is 20.4. The topological polar surface area (TPSA) is 76.5 Å². The van der Waals surface area contributed by atoms with Gasteiger partial charge in [0, 0.05) is 30.8 Å². The fourth-order valence-corrected chi connectivity index (χ4v) is 3.99. The highest BCUT2D eigenvalue weighted by Crippen LogP contribution is 2.27. The van der Waals surface area contributed by atoms with Gasteiger partial charge in [0.25, 0.3) is 5.91 Å². The van der Waals surface area contributed by atoms with Gasteiger partial charge in [-0.05, 0) is 37.5 Å². The molecule has 0 saturated carbocycles. The van der Waals surface area contributed by atoms with Crippen molar-refractivity contribution in [1.82, 2.24) is 14.7 Å². The lowest BCUT2D eigenvalue weighted by Gasteiger charge is -2.33. The van der Waals surface area contributed by atoms with Crippen LogP contribution in [0.2, 0.25) is 5.02 Å². The number of piperidine rings is 1. The van der Waals surface area contributed by atoms with Gasteiger partial charge in [-0.15, -0.1) is 0 Å². The van der Waals surface area contributed by atoms with Crippen molar-refractivity contribution in [3.63, 3.8) is 0 Å². The van der Waals surface area contributed by atoms with Gasteiger partial charge in [-0.25, -0.2) is 9.07 Å². The zero-order valence-electron chi connectivity index (χ0n) is 15.8. The standard InChI is InChI=1S/C20H22ClFN4O3/c21-14-1-2-17(22)16(11-14)20(28)25-8-4-15(5-9-25)26-18(3-7-23-26)24-19(27)13-6-10-29-12-13/h1-3,7,11,13,15H,4-6,8-10,12H2,(H,24,27)/t13-/m0/s1. The van der Waals surface area contributed by atoms with Crippen molar-refractivity contribution < 1.29 is 18.7 Å². The molecule has 2 amide bonds. The summed E-state index contributed by atoms with van der Waals surface area (Å²) in [6, 6.07) is 5.81. The molecule has 2 aromatic rings. The maximum atomic E-state index is 14.0. The minimum Gasteiger partial charge on any atom is -0.381 e. The molecule has 0 bridgehead atoms. The van der Waals surface area contributed by atoms with E-state index in [0.717, 1.165) is 6.42 Å². The molecular weight excluding hydrogens is 399 g/mol. The minimum atomic E-state index is -0.575. The molecule has 2 fully saturated rings. The molecule has 154 valence electrons. The fourth-order valence-electron chi connectivity index (χ4n) is 3.82. The number of hydrogen-bond acceptors (Lipinski definition) is 4. The van der Waals surface area contributed by atoms with Crippen molar-refractivity contribution in [2.24, 2.45) is 5.92 Å². The number of nitrogens with one attached hydrogen (secondary N) is 1. The first-order chi connectivity index (χ1) is 14.0. The predicted octanol–water partition coefficient (Wildman–Crippen LogP) is 3.13. The Bertz CT molecular complexity index is 905. The Balaban J connectivity index is 1.39. The van der Waals surface area contributed by atoms with Crippen LogP contribution in [0.15, 0.2) is 30.5 Å². The van der Waals surface area contributed by atoms with Crippen molar-refractivity contribution in [1.29, 1.82) is 0 Å². The molecule has 2 aliphatic heterocycles. The largest absolute Gasteiger partial charge is 0.381 e. The molecule has 2 saturated heterocycles. The third-order valence-corrected chi connectivity index (χ3v) is 5.71. The van der Waals surface area contributed by atoms with Crippen LogP contribution in [0.4, 0.5) is 10.2 Å². The summed E-state index contributed by atoms with van der Waals surface area (Å²) in [6.07, 6.45) is 3.69. The second kappa shape index (κ2) is 8.51. The molecule has 0 aliphatic carbocycles. The summed E-state index contributed by atoms with van der Waals surface area (Å²) < 4.78 is 21.1. The Hall–Kier alpha value is -2.45. The van der Waals surface area contributed by atoms with E-state index < -0.39 is 5.82 Å². The highest BCUT2D eigenvalue weighted by molar-refractivity contribution is 6.31. The summed E-state index contributed by atoms with van der Waals surface area (Å²) in [4.78, 5) is 26.7. The Kier molecular flexibility index (Phi) is 5.82. The third kappa shape index (κ3) is 4.28. The minimum absolute atomic E-state index is 0.0122. The Morgan fingerprint density at radius 2 is 2.00 bits per heavy atom. The van der Waals surface area contributed by atoms with Crippen LogP contribution in [0.3, 0.4) is 0 Å². The molecule has 29 heavy (non-hydrogen) atoms. The van der Waals surface area contributed by atoms with E-state index in [-0.39, 0.29) is 29.3 Å². The number of hydrogen-bond donors (Lipinski definition) is 1. The van der Waals surface area contributed by atoms with Gasteiger partial charge in [0.1, 0.15) is 11.6 Å². The lowest BCUT2D eigenvalue weighted by atomic mass is 10.0. The Labute approximate surface area is 172 Å². The van der Waals surface area contributed by atoms with E-state index in [1.165, 1.54) is 18.2 Å². The molecule has 0 unspecified atom stereocenters. The van der Waals surface area contributed by atoms with Gasteiger partial charge in [0.15, 0.2) is 0 Å². The van der Waals surface area contributed by atoms with Crippen LogP contribution < -0.4 is 5.32 Å². The number of likely N-dealkylation sites (tertiary alicyclic amines) is 1. The molecule has 1 aromatic carbocycles. The first kappa shape index (κ1) is 19.8. The number of amides is 2. The Morgan fingerprint density at radius 1 is 1.21 bits per heavy atom. The van der Waals surface area contributed by atoms with Crippen LogP contribution in [0.25, 0.3) is 0 Å². The first-order valence-electron chi connectivity index (χ1n) is 9.69. The number of carbonyl (C=O) groups is 2. The van der Waals surface area contributed by atoms with Crippen LogP contribution in [0, 0.1) is 11.7 Å². The van der Waals surface area contributed by atoms with Gasteiger partial charge in [0.2, 0.25) is 5.91 Å². The highest BCUT2D eigenvalue weighted by atomic mass is 35.5. The van der Waals surface area contributed by atoms with E-state index in [0.29, 0.717) is 50.0 Å². The molecular formula is C20H22ClFN4O3. The number of ether oxygens (including phenoxy) is 1. The van der Waals surface area contributed by atoms with E-state index in [2.05, 4.69) is 10.4 Å². The molecule has 1 atom stereocenters. The van der Waals surface area contributed by atoms with E-state index in [9.17, 15) is 14.0 Å². The van der Waals surface area contributed by atoms with Crippen molar-refractivity contribution in [2.45, 2.75) is 25.3 Å². The predicted molar refractivity (Wildman–Crippen MR) is 105 cm³/mol. The summed E-state index contributed by atoms with van der Waals surface area (Å²) >= 11 is 5.91. The maximum Gasteiger partial charge on any atom is 0.256 e. The van der Waals surface area contributed by atoms with E-state index >= 15 is 0 Å². The van der Waals surface area contributed by atoms with Crippen molar-refractivity contribution >= 4 is 29.2 Å². The third-order valence-electron chi connectivity index (χ3n) is 5.48. The summed E-state index contributed by atoms with van der Waals surface area (Å²) in [5, 5.41) is 7.63. The summed E-state index contributed by atoms with van der Waals surface area (Å²) in [5.74, 6) is -0.487. The molecule has 3 heterocycles. The summed E-state index contributed by atoms with van der Waals surface area (Å²) in [7, 11) is 0. The molecule has 4 rings (SSSR count). The molecule has 7 nitrogen and oxygen atoms in total. The smallest absolute Gasteiger partial charge is 0.256 e. The monoisotopic (exact) mass is 420 g/mol. The van der Waals surface area contributed by atoms with Gasteiger partial charge in [-0.2, -0.15) is 5.10 Å². The molecule has 2 aliphatic rings. The number of nitrogens with zero attached hydrogens (tertiary/aromatic N) is 3. The van der Waals surface area contributed by atoms with Crippen LogP contribution in [-0.4, -0.2) is 52.8 Å². The highest BCUT2D eigenvalue weighted by Gasteiger charge is 2.29. The van der Waals surface area contributed by atoms with Gasteiger partial charge < -0.3 is 15.0 Å². The average Bonchev–Trinajstić information content (AvgIpc) is 3.41. The summed E-state index contributed by atoms with van der Waals surface area (Å²) in [6.45, 7) is 2.00. The van der Waals surface area contributed by atoms with Crippen LogP contribution >= 0.6 is 11.6 Å². The van der Waals surface area contributed by atoms with E-state index in [1.54, 1.807) is 21.8 Å². The van der Waals surface area contributed by atoms with Crippen molar-refractivity contribution in [3.05, 3.63) is 46.9 Å². The fraction of sp³-hybridized carbons (Fsp3) is 0.450. The van der Waals surface area contributed by atoms with Gasteiger partial charge in [-0.3, -0.25) is 9.59 Å². The molecule has 9 heteroatoms. The number of carbonyl (C=O) groups excluding carboxylic acids is 2. The molecule has 1 aromatic heterocycles. The van der Waals surface area contributed by atoms with Crippen molar-refractivity contribution in [3.8, 4) is 0 Å². The van der Waals surface area contributed by atoms with Crippen LogP contribution in [-0.2, 0) is 9.53 Å². The second-order valence-corrected chi connectivity index (χ2v) is 7.79. The number of rotatable bonds is 4. The zero-order valence-corrected chi connectivity index (χ0v) is 16.6. The lowest BCUT2D eigenvalue weighted by Crippen LogP contribution is -2.40. The molecule has 0 radical (unpaired) electrons. The number of halogens is 2. The summed E-state index contributed by atoms with van der Waals surface area (Å²) in [5.41, 5.74) is -0.0122. The van der Waals surface area contributed by atoms with Crippen LogP contribution in [0.1, 0.15) is 35.7 Å². The average molecular weight is 421 g/mol. The van der Waals surface area contributed by atoms with E-state index in [4.69, 9.17) is 16.3 Å². The van der Waals surface area contributed by atoms with Gasteiger partial charge >= 0.3 is 0 Å². The number of benzene rings is 1. The van der Waals surface area contributed by atoms with Gasteiger partial charge in [0.05, 0.1) is 30.3 Å². The Morgan fingerprint density at radius 3 is 2.72 bits per heavy atom. The normalized spacial score (nSPS) is 20.1. The molecule has 1 N–H and O–H groups in total. The SMILES string of the molecule is O=C(Nc1ccnn1C1CCN(C(=O)c2cc(Cl)ccc2F)CC1)[C@H]1CCOC1. The van der Waals surface area contributed by atoms with Gasteiger partial charge in [-0.1, -0.05) is 11.6 Å². The number of anilines is 1. The van der Waals surface area contributed by atoms with Crippen LogP contribution in [0.5, 0.6) is 0 Å². The first-order valence-corrected chi connectivity index (χ1v) is 10.1. The molecule has 0 spiro atoms. The number of aromatic nitrogens is 2.